The molecular formula is C24H34O3. The maximum Gasteiger partial charge on any atom is 0.0757 e. The topological polar surface area (TPSA) is 60.7 Å². The molecule has 0 aromatic heterocycles. The average Bonchev–Trinajstić information content (AvgIpc) is 3.07. The van der Waals surface area contributed by atoms with Gasteiger partial charge in [-0.2, -0.15) is 0 Å². The maximum atomic E-state index is 11.7. The van der Waals surface area contributed by atoms with Gasteiger partial charge in [0.2, 0.25) is 0 Å². The summed E-state index contributed by atoms with van der Waals surface area (Å²) in [6, 6.07) is 6.61. The Kier molecular flexibility index (Phi) is 4.06. The van der Waals surface area contributed by atoms with Crippen LogP contribution in [0.4, 0.5) is 0 Å². The molecule has 3 fully saturated rings. The van der Waals surface area contributed by atoms with Gasteiger partial charge >= 0.3 is 0 Å². The Morgan fingerprint density at radius 2 is 2.04 bits per heavy atom. The predicted octanol–water partition coefficient (Wildman–Crippen LogP) is 3.78. The number of benzene rings is 1. The van der Waals surface area contributed by atoms with E-state index in [4.69, 9.17) is 0 Å². The van der Waals surface area contributed by atoms with Crippen LogP contribution in [0.3, 0.4) is 0 Å². The zero-order valence-corrected chi connectivity index (χ0v) is 16.7. The lowest BCUT2D eigenvalue weighted by Gasteiger charge is -2.55. The molecule has 3 nitrogen and oxygen atoms in total. The van der Waals surface area contributed by atoms with Crippen molar-refractivity contribution in [2.24, 2.45) is 29.1 Å². The van der Waals surface area contributed by atoms with Crippen molar-refractivity contribution in [2.75, 3.05) is 0 Å². The van der Waals surface area contributed by atoms with Crippen LogP contribution in [0.5, 0.6) is 0 Å². The number of aliphatic hydroxyl groups excluding tert-OH is 2. The maximum absolute atomic E-state index is 11.7. The quantitative estimate of drug-likeness (QED) is 0.742. The molecule has 0 heterocycles. The Labute approximate surface area is 162 Å². The van der Waals surface area contributed by atoms with Gasteiger partial charge in [-0.3, -0.25) is 0 Å². The molecule has 1 aromatic carbocycles. The van der Waals surface area contributed by atoms with Gasteiger partial charge < -0.3 is 15.3 Å². The van der Waals surface area contributed by atoms with Crippen molar-refractivity contribution in [2.45, 2.75) is 83.0 Å². The summed E-state index contributed by atoms with van der Waals surface area (Å²) >= 11 is 0. The van der Waals surface area contributed by atoms with Gasteiger partial charge in [-0.05, 0) is 83.8 Å². The van der Waals surface area contributed by atoms with Crippen molar-refractivity contribution in [3.8, 4) is 0 Å². The van der Waals surface area contributed by atoms with E-state index in [2.05, 4.69) is 32.0 Å². The van der Waals surface area contributed by atoms with E-state index in [0.717, 1.165) is 37.7 Å². The summed E-state index contributed by atoms with van der Waals surface area (Å²) in [5, 5.41) is 31.5. The van der Waals surface area contributed by atoms with Crippen molar-refractivity contribution in [3.63, 3.8) is 0 Å². The summed E-state index contributed by atoms with van der Waals surface area (Å²) in [7, 11) is 0. The summed E-state index contributed by atoms with van der Waals surface area (Å²) < 4.78 is 0. The van der Waals surface area contributed by atoms with Crippen LogP contribution in [0, 0.1) is 29.1 Å². The molecule has 4 aliphatic rings. The van der Waals surface area contributed by atoms with Crippen molar-refractivity contribution >= 4 is 0 Å². The molecule has 0 aliphatic heterocycles. The third kappa shape index (κ3) is 2.31. The summed E-state index contributed by atoms with van der Waals surface area (Å²) in [6.45, 7) is 4.78. The minimum Gasteiger partial charge on any atom is -0.393 e. The fraction of sp³-hybridized carbons (Fsp3) is 0.750. The summed E-state index contributed by atoms with van der Waals surface area (Å²) in [5.74, 6) is 2.74. The van der Waals surface area contributed by atoms with Crippen LogP contribution in [-0.4, -0.2) is 27.0 Å². The Morgan fingerprint density at radius 3 is 2.78 bits per heavy atom. The normalized spacial score (nSPS) is 47.9. The molecule has 148 valence electrons. The third-order valence-corrected chi connectivity index (χ3v) is 9.37. The predicted molar refractivity (Wildman–Crippen MR) is 105 cm³/mol. The highest BCUT2D eigenvalue weighted by atomic mass is 16.3. The van der Waals surface area contributed by atoms with Gasteiger partial charge in [0.05, 0.1) is 18.3 Å². The largest absolute Gasteiger partial charge is 0.393 e. The Balaban J connectivity index is 1.55. The Hall–Kier alpha value is -0.900. The van der Waals surface area contributed by atoms with Crippen LogP contribution in [0.25, 0.3) is 0 Å². The highest BCUT2D eigenvalue weighted by Crippen LogP contribution is 2.70. The summed E-state index contributed by atoms with van der Waals surface area (Å²) in [4.78, 5) is 0. The second kappa shape index (κ2) is 6.05. The number of aliphatic hydroxyl groups is 3. The van der Waals surface area contributed by atoms with Crippen LogP contribution >= 0.6 is 0 Å². The van der Waals surface area contributed by atoms with Gasteiger partial charge in [0, 0.05) is 6.42 Å². The molecule has 3 saturated carbocycles. The van der Waals surface area contributed by atoms with Gasteiger partial charge in [0.15, 0.2) is 0 Å². The SMILES string of the molecule is CC[C@@H]1Cc2cc(CO)ccc2C2CC[C@@]3(C)C(C[C@H]4C[C@H](O)C[C@]43O)C21. The molecule has 0 saturated heterocycles. The van der Waals surface area contributed by atoms with Crippen molar-refractivity contribution in [1.29, 1.82) is 0 Å². The first-order valence-electron chi connectivity index (χ1n) is 11.0. The second-order valence-electron chi connectivity index (χ2n) is 10.3. The Morgan fingerprint density at radius 1 is 1.22 bits per heavy atom. The molecule has 4 aliphatic carbocycles. The highest BCUT2D eigenvalue weighted by Gasteiger charge is 2.68. The monoisotopic (exact) mass is 370 g/mol. The first-order chi connectivity index (χ1) is 12.9. The lowest BCUT2D eigenvalue weighted by molar-refractivity contribution is -0.122. The van der Waals surface area contributed by atoms with Crippen LogP contribution < -0.4 is 0 Å². The molecule has 3 unspecified atom stereocenters. The van der Waals surface area contributed by atoms with Gasteiger partial charge in [-0.1, -0.05) is 38.5 Å². The number of hydrogen-bond donors (Lipinski definition) is 3. The third-order valence-electron chi connectivity index (χ3n) is 9.37. The molecule has 1 aromatic rings. The summed E-state index contributed by atoms with van der Waals surface area (Å²) in [5.41, 5.74) is 3.27. The van der Waals surface area contributed by atoms with E-state index < -0.39 is 5.60 Å². The molecule has 0 spiro atoms. The molecule has 3 heteroatoms. The van der Waals surface area contributed by atoms with Gasteiger partial charge in [-0.25, -0.2) is 0 Å². The molecule has 0 bridgehead atoms. The summed E-state index contributed by atoms with van der Waals surface area (Å²) in [6.07, 6.45) is 6.64. The van der Waals surface area contributed by atoms with E-state index in [1.54, 1.807) is 0 Å². The second-order valence-corrected chi connectivity index (χ2v) is 10.3. The zero-order chi connectivity index (χ0) is 19.0. The number of hydrogen-bond acceptors (Lipinski definition) is 3. The number of rotatable bonds is 2. The van der Waals surface area contributed by atoms with E-state index in [9.17, 15) is 15.3 Å². The van der Waals surface area contributed by atoms with E-state index in [1.807, 2.05) is 0 Å². The first-order valence-corrected chi connectivity index (χ1v) is 11.0. The van der Waals surface area contributed by atoms with Gasteiger partial charge in [0.25, 0.3) is 0 Å². The minimum atomic E-state index is -0.665. The minimum absolute atomic E-state index is 0.0493. The van der Waals surface area contributed by atoms with Crippen molar-refractivity contribution in [3.05, 3.63) is 34.9 Å². The lowest BCUT2D eigenvalue weighted by atomic mass is 9.50. The highest BCUT2D eigenvalue weighted by molar-refractivity contribution is 5.39. The van der Waals surface area contributed by atoms with E-state index >= 15 is 0 Å². The molecule has 0 radical (unpaired) electrons. The standard InChI is InChI=1S/C24H34O3/c1-3-15-9-16-8-14(13-25)4-5-19(16)20-6-7-23(2)21(22(15)20)11-17-10-18(26)12-24(17,23)27/h4-5,8,15,17-18,20-22,25-27H,3,6-7,9-13H2,1-2H3/t15-,17-,18+,20?,21?,22?,23+,24+/m1/s1. The van der Waals surface area contributed by atoms with Gasteiger partial charge in [0.1, 0.15) is 0 Å². The number of fused-ring (bicyclic) bond motifs is 7. The molecule has 8 atom stereocenters. The van der Waals surface area contributed by atoms with Crippen LogP contribution in [0.1, 0.15) is 75.0 Å². The molecule has 27 heavy (non-hydrogen) atoms. The van der Waals surface area contributed by atoms with Crippen molar-refractivity contribution in [1.82, 2.24) is 0 Å². The van der Waals surface area contributed by atoms with Crippen LogP contribution in [0.15, 0.2) is 18.2 Å². The molecule has 3 N–H and O–H groups in total. The zero-order valence-electron chi connectivity index (χ0n) is 16.7. The molecule has 0 amide bonds. The van der Waals surface area contributed by atoms with Crippen molar-refractivity contribution < 1.29 is 15.3 Å². The van der Waals surface area contributed by atoms with E-state index in [1.165, 1.54) is 17.5 Å². The van der Waals surface area contributed by atoms with Gasteiger partial charge in [-0.15, -0.1) is 0 Å². The lowest BCUT2D eigenvalue weighted by Crippen LogP contribution is -2.53. The molecule has 5 rings (SSSR count). The average molecular weight is 371 g/mol. The van der Waals surface area contributed by atoms with Crippen LogP contribution in [-0.2, 0) is 13.0 Å². The Bertz CT molecular complexity index is 745. The first kappa shape index (κ1) is 18.1. The fourth-order valence-corrected chi connectivity index (χ4v) is 8.07. The van der Waals surface area contributed by atoms with Crippen LogP contribution in [0.2, 0.25) is 0 Å². The molecular weight excluding hydrogens is 336 g/mol. The fourth-order valence-electron chi connectivity index (χ4n) is 8.07. The smallest absolute Gasteiger partial charge is 0.0757 e. The van der Waals surface area contributed by atoms with E-state index in [0.29, 0.717) is 30.1 Å². The van der Waals surface area contributed by atoms with E-state index in [-0.39, 0.29) is 24.0 Å².